The number of Topliss-reactive ketones (excluding diaryl/α,β-unsaturated/α-hetero) is 4. The third-order valence-corrected chi connectivity index (χ3v) is 5.20. The fraction of sp³-hybridized carbons (Fsp3) is 0.714. The molecule has 0 saturated carbocycles. The van der Waals surface area contributed by atoms with Crippen molar-refractivity contribution in [1.82, 2.24) is 0 Å². The van der Waals surface area contributed by atoms with Crippen LogP contribution in [0.5, 0.6) is 0 Å². The minimum absolute atomic E-state index is 0.733. The van der Waals surface area contributed by atoms with Crippen LogP contribution >= 0.6 is 15.9 Å². The molecule has 4 N–H and O–H groups in total. The number of aliphatic hydroxyl groups excluding tert-OH is 1. The molecule has 9 nitrogen and oxygen atoms in total. The summed E-state index contributed by atoms with van der Waals surface area (Å²) >= 11 is 2.75. The standard InChI is InChI=1S/C14H19BrO9/c1-5(16)9(20)10-12(21,6(2)17)14(23,8(4)19)13(22,7(3)18)11(15)24-10/h5,10-11,16,21-23H,1-4H3/t5?,10-,11+,12+,13+,14+/m1/s1. The van der Waals surface area contributed by atoms with E-state index in [0.29, 0.717) is 0 Å². The Balaban J connectivity index is 3.86. The van der Waals surface area contributed by atoms with Crippen molar-refractivity contribution in [3.8, 4) is 0 Å². The molecule has 136 valence electrons. The highest BCUT2D eigenvalue weighted by Gasteiger charge is 2.78. The highest BCUT2D eigenvalue weighted by molar-refractivity contribution is 9.09. The lowest BCUT2D eigenvalue weighted by atomic mass is 9.61. The van der Waals surface area contributed by atoms with Gasteiger partial charge in [0.25, 0.3) is 0 Å². The molecule has 0 amide bonds. The molecule has 1 saturated heterocycles. The molecule has 1 rings (SSSR count). The lowest BCUT2D eigenvalue weighted by Crippen LogP contribution is -2.86. The van der Waals surface area contributed by atoms with Crippen LogP contribution in [0.25, 0.3) is 0 Å². The largest absolute Gasteiger partial charge is 0.386 e. The Bertz CT molecular complexity index is 603. The lowest BCUT2D eigenvalue weighted by molar-refractivity contribution is -0.296. The quantitative estimate of drug-likeness (QED) is 0.376. The van der Waals surface area contributed by atoms with Gasteiger partial charge in [-0.3, -0.25) is 19.2 Å². The molecular formula is C14H19BrO9. The number of hydrogen-bond donors (Lipinski definition) is 4. The Morgan fingerprint density at radius 3 is 1.67 bits per heavy atom. The van der Waals surface area contributed by atoms with E-state index in [2.05, 4.69) is 15.9 Å². The van der Waals surface area contributed by atoms with Gasteiger partial charge in [-0.2, -0.15) is 0 Å². The maximum atomic E-state index is 12.2. The summed E-state index contributed by atoms with van der Waals surface area (Å²) < 4.78 is 5.06. The van der Waals surface area contributed by atoms with Gasteiger partial charge in [0.2, 0.25) is 5.60 Å². The van der Waals surface area contributed by atoms with Gasteiger partial charge in [-0.1, -0.05) is 15.9 Å². The van der Waals surface area contributed by atoms with E-state index >= 15 is 0 Å². The molecular weight excluding hydrogens is 392 g/mol. The highest BCUT2D eigenvalue weighted by Crippen LogP contribution is 2.48. The second kappa shape index (κ2) is 6.36. The van der Waals surface area contributed by atoms with Gasteiger partial charge in [0, 0.05) is 0 Å². The van der Waals surface area contributed by atoms with E-state index < -0.39 is 57.2 Å². The van der Waals surface area contributed by atoms with E-state index in [9.17, 15) is 39.6 Å². The van der Waals surface area contributed by atoms with Crippen LogP contribution in [0, 0.1) is 0 Å². The first-order chi connectivity index (χ1) is 10.7. The molecule has 0 bridgehead atoms. The number of ketones is 4. The van der Waals surface area contributed by atoms with E-state index in [-0.39, 0.29) is 0 Å². The van der Waals surface area contributed by atoms with Crippen LogP contribution in [0.3, 0.4) is 0 Å². The van der Waals surface area contributed by atoms with E-state index in [1.165, 1.54) is 0 Å². The second-order valence-corrected chi connectivity index (χ2v) is 6.65. The topological polar surface area (TPSA) is 158 Å². The van der Waals surface area contributed by atoms with Crippen LogP contribution in [0.2, 0.25) is 0 Å². The summed E-state index contributed by atoms with van der Waals surface area (Å²) in [5, 5.41) is 40.0. The van der Waals surface area contributed by atoms with Crippen molar-refractivity contribution in [3.05, 3.63) is 0 Å². The molecule has 10 heteroatoms. The van der Waals surface area contributed by atoms with Crippen molar-refractivity contribution >= 4 is 39.1 Å². The van der Waals surface area contributed by atoms with E-state index in [1.54, 1.807) is 0 Å². The number of halogens is 1. The van der Waals surface area contributed by atoms with E-state index in [0.717, 1.165) is 27.7 Å². The number of carbonyl (C=O) groups excluding carboxylic acids is 4. The van der Waals surface area contributed by atoms with Crippen molar-refractivity contribution in [2.75, 3.05) is 0 Å². The molecule has 0 radical (unpaired) electrons. The van der Waals surface area contributed by atoms with E-state index in [4.69, 9.17) is 4.74 Å². The Kier molecular flexibility index (Phi) is 5.56. The third kappa shape index (κ3) is 2.40. The second-order valence-electron chi connectivity index (χ2n) is 5.82. The third-order valence-electron chi connectivity index (χ3n) is 4.32. The zero-order valence-electron chi connectivity index (χ0n) is 13.4. The average molecular weight is 411 g/mol. The minimum atomic E-state index is -3.39. The summed E-state index contributed by atoms with van der Waals surface area (Å²) in [5.74, 6) is -5.06. The first-order valence-corrected chi connectivity index (χ1v) is 7.83. The molecule has 1 aliphatic rings. The molecule has 24 heavy (non-hydrogen) atoms. The minimum Gasteiger partial charge on any atom is -0.386 e. The normalized spacial score (nSPS) is 40.7. The van der Waals surface area contributed by atoms with Gasteiger partial charge in [-0.15, -0.1) is 0 Å². The van der Waals surface area contributed by atoms with Crippen molar-refractivity contribution < 1.29 is 44.3 Å². The first kappa shape index (κ1) is 21.0. The smallest absolute Gasteiger partial charge is 0.201 e. The van der Waals surface area contributed by atoms with Crippen LogP contribution in [-0.2, 0) is 23.9 Å². The molecule has 0 aromatic rings. The van der Waals surface area contributed by atoms with Gasteiger partial charge in [0.15, 0.2) is 45.5 Å². The Morgan fingerprint density at radius 1 is 0.958 bits per heavy atom. The molecule has 1 fully saturated rings. The van der Waals surface area contributed by atoms with Crippen LogP contribution in [0.1, 0.15) is 27.7 Å². The molecule has 0 spiro atoms. The van der Waals surface area contributed by atoms with Gasteiger partial charge in [0.1, 0.15) is 6.10 Å². The lowest BCUT2D eigenvalue weighted by Gasteiger charge is -2.56. The van der Waals surface area contributed by atoms with Crippen LogP contribution < -0.4 is 0 Å². The number of ether oxygens (including phenoxy) is 1. The summed E-state index contributed by atoms with van der Waals surface area (Å²) in [6.07, 6.45) is -3.92. The van der Waals surface area contributed by atoms with E-state index in [1.807, 2.05) is 0 Å². The Hall–Kier alpha value is -1.04. The zero-order chi connectivity index (χ0) is 19.2. The van der Waals surface area contributed by atoms with Gasteiger partial charge < -0.3 is 25.2 Å². The molecule has 0 aromatic heterocycles. The number of aliphatic hydroxyl groups is 4. The van der Waals surface area contributed by atoms with Gasteiger partial charge in [0.05, 0.1) is 0 Å². The van der Waals surface area contributed by atoms with Crippen molar-refractivity contribution in [1.29, 1.82) is 0 Å². The number of alkyl halides is 1. The number of hydrogen-bond acceptors (Lipinski definition) is 9. The Morgan fingerprint density at radius 2 is 1.38 bits per heavy atom. The fourth-order valence-electron chi connectivity index (χ4n) is 2.84. The van der Waals surface area contributed by atoms with Crippen LogP contribution in [0.15, 0.2) is 0 Å². The number of rotatable bonds is 5. The predicted molar refractivity (Wildman–Crippen MR) is 81.2 cm³/mol. The van der Waals surface area contributed by atoms with Crippen LogP contribution in [0.4, 0.5) is 0 Å². The summed E-state index contributed by atoms with van der Waals surface area (Å²) in [7, 11) is 0. The highest BCUT2D eigenvalue weighted by atomic mass is 79.9. The number of carbonyl (C=O) groups is 4. The Labute approximate surface area is 145 Å². The molecule has 1 heterocycles. The maximum Gasteiger partial charge on any atom is 0.201 e. The fourth-order valence-corrected chi connectivity index (χ4v) is 3.71. The van der Waals surface area contributed by atoms with Crippen LogP contribution in [-0.4, -0.2) is 77.6 Å². The SMILES string of the molecule is CC(=O)[C@]1(O)[C@](O)(C(C)=O)[C@@H](C(=O)C(C)O)O[C@H](Br)[C@@]1(O)C(C)=O. The van der Waals surface area contributed by atoms with Crippen molar-refractivity contribution in [2.45, 2.75) is 61.7 Å². The summed E-state index contributed by atoms with van der Waals surface area (Å²) in [5.41, 5.74) is -9.74. The monoisotopic (exact) mass is 410 g/mol. The molecule has 6 atom stereocenters. The average Bonchev–Trinajstić information content (AvgIpc) is 2.46. The molecule has 0 aromatic carbocycles. The first-order valence-electron chi connectivity index (χ1n) is 6.92. The van der Waals surface area contributed by atoms with Crippen molar-refractivity contribution in [3.63, 3.8) is 0 Å². The summed E-state index contributed by atoms with van der Waals surface area (Å²) in [6, 6.07) is 0. The molecule has 1 aliphatic heterocycles. The van der Waals surface area contributed by atoms with Gasteiger partial charge in [-0.05, 0) is 27.7 Å². The summed E-state index contributed by atoms with van der Waals surface area (Å²) in [6.45, 7) is 3.31. The summed E-state index contributed by atoms with van der Waals surface area (Å²) in [4.78, 5) is 48.3. The predicted octanol–water partition coefficient (Wildman–Crippen LogP) is -1.98. The van der Waals surface area contributed by atoms with Gasteiger partial charge in [-0.25, -0.2) is 0 Å². The molecule has 1 unspecified atom stereocenters. The van der Waals surface area contributed by atoms with Crippen molar-refractivity contribution in [2.24, 2.45) is 0 Å². The maximum absolute atomic E-state index is 12.2. The molecule has 0 aliphatic carbocycles. The van der Waals surface area contributed by atoms with Gasteiger partial charge >= 0.3 is 0 Å². The zero-order valence-corrected chi connectivity index (χ0v) is 15.0.